The van der Waals surface area contributed by atoms with Crippen LogP contribution in [-0.2, 0) is 9.59 Å². The second kappa shape index (κ2) is 6.16. The molecule has 1 atom stereocenters. The molecule has 4 nitrogen and oxygen atoms in total. The number of nitrogens with zero attached hydrogens (tertiary/aromatic N) is 1. The van der Waals surface area contributed by atoms with Gasteiger partial charge in [0.05, 0.1) is 6.54 Å². The number of piperazine rings is 1. The van der Waals surface area contributed by atoms with Gasteiger partial charge in [-0.25, -0.2) is 0 Å². The first kappa shape index (κ1) is 14.7. The Morgan fingerprint density at radius 1 is 1.37 bits per heavy atom. The van der Waals surface area contributed by atoms with E-state index in [1.54, 1.807) is 4.90 Å². The summed E-state index contributed by atoms with van der Waals surface area (Å²) in [6, 6.07) is -0.299. The van der Waals surface area contributed by atoms with Crippen molar-refractivity contribution in [2.45, 2.75) is 56.2 Å². The highest BCUT2D eigenvalue weighted by Crippen LogP contribution is 2.41. The summed E-state index contributed by atoms with van der Waals surface area (Å²) < 4.78 is 0.185. The average molecular weight is 284 g/mol. The van der Waals surface area contributed by atoms with E-state index in [0.717, 1.165) is 32.2 Å². The van der Waals surface area contributed by atoms with Crippen molar-refractivity contribution in [3.63, 3.8) is 0 Å². The van der Waals surface area contributed by atoms with Gasteiger partial charge in [-0.2, -0.15) is 11.8 Å². The lowest BCUT2D eigenvalue weighted by Crippen LogP contribution is -2.60. The van der Waals surface area contributed by atoms with Gasteiger partial charge in [-0.05, 0) is 25.5 Å². The number of hydrogen-bond acceptors (Lipinski definition) is 3. The van der Waals surface area contributed by atoms with Crippen LogP contribution in [0.3, 0.4) is 0 Å². The van der Waals surface area contributed by atoms with Gasteiger partial charge >= 0.3 is 0 Å². The first-order chi connectivity index (χ1) is 9.10. The third kappa shape index (κ3) is 3.25. The highest BCUT2D eigenvalue weighted by molar-refractivity contribution is 8.00. The van der Waals surface area contributed by atoms with Crippen molar-refractivity contribution in [2.24, 2.45) is 0 Å². The zero-order valence-corrected chi connectivity index (χ0v) is 12.7. The Hall–Kier alpha value is -0.710. The van der Waals surface area contributed by atoms with Crippen LogP contribution < -0.4 is 5.32 Å². The molecule has 1 saturated carbocycles. The van der Waals surface area contributed by atoms with Crippen LogP contribution in [0.4, 0.5) is 0 Å². The van der Waals surface area contributed by atoms with Crippen LogP contribution in [0.5, 0.6) is 0 Å². The lowest BCUT2D eigenvalue weighted by Gasteiger charge is -2.38. The molecule has 0 radical (unpaired) electrons. The third-order valence-corrected chi connectivity index (χ3v) is 5.69. The van der Waals surface area contributed by atoms with Gasteiger partial charge in [-0.1, -0.05) is 26.2 Å². The van der Waals surface area contributed by atoms with Crippen LogP contribution in [0.15, 0.2) is 0 Å². The molecule has 1 unspecified atom stereocenters. The number of rotatable bonds is 5. The number of carbonyl (C=O) groups is 2. The normalized spacial score (nSPS) is 26.6. The predicted octanol–water partition coefficient (Wildman–Crippen LogP) is 1.79. The zero-order chi connectivity index (χ0) is 13.9. The minimum absolute atomic E-state index is 0.00713. The number of amides is 2. The Morgan fingerprint density at radius 3 is 2.63 bits per heavy atom. The largest absolute Gasteiger partial charge is 0.343 e. The standard InChI is InChI=1S/C14H24N2O2S/c1-3-6-11-13(18)16(9-12(17)15-11)10-14(19-2)7-4-5-8-14/h11H,3-10H2,1-2H3,(H,15,17). The van der Waals surface area contributed by atoms with Gasteiger partial charge in [-0.3, -0.25) is 9.59 Å². The Bertz CT molecular complexity index is 353. The second-order valence-electron chi connectivity index (χ2n) is 5.70. The maximum absolute atomic E-state index is 12.4. The van der Waals surface area contributed by atoms with Crippen LogP contribution >= 0.6 is 11.8 Å². The average Bonchev–Trinajstić information content (AvgIpc) is 2.84. The Labute approximate surface area is 119 Å². The third-order valence-electron chi connectivity index (χ3n) is 4.28. The molecule has 2 fully saturated rings. The number of thioether (sulfide) groups is 1. The first-order valence-electron chi connectivity index (χ1n) is 7.23. The van der Waals surface area contributed by atoms with Crippen molar-refractivity contribution in [3.05, 3.63) is 0 Å². The minimum atomic E-state index is -0.299. The van der Waals surface area contributed by atoms with Gasteiger partial charge in [-0.15, -0.1) is 0 Å². The quantitative estimate of drug-likeness (QED) is 0.837. The zero-order valence-electron chi connectivity index (χ0n) is 11.9. The SMILES string of the molecule is CCCC1NC(=O)CN(CC2(SC)CCCC2)C1=O. The van der Waals surface area contributed by atoms with Crippen molar-refractivity contribution < 1.29 is 9.59 Å². The van der Waals surface area contributed by atoms with E-state index in [2.05, 4.69) is 11.6 Å². The summed E-state index contributed by atoms with van der Waals surface area (Å²) in [5.41, 5.74) is 0. The molecule has 2 amide bonds. The molecule has 0 aromatic rings. The Morgan fingerprint density at radius 2 is 2.05 bits per heavy atom. The molecule has 1 aliphatic heterocycles. The molecule has 108 valence electrons. The molecule has 5 heteroatoms. The van der Waals surface area contributed by atoms with Crippen molar-refractivity contribution >= 4 is 23.6 Å². The van der Waals surface area contributed by atoms with Crippen LogP contribution in [0, 0.1) is 0 Å². The molecule has 0 spiro atoms. The van der Waals surface area contributed by atoms with E-state index in [-0.39, 0.29) is 29.1 Å². The molecule has 1 N–H and O–H groups in total. The van der Waals surface area contributed by atoms with E-state index in [1.807, 2.05) is 18.7 Å². The molecule has 0 aromatic carbocycles. The summed E-state index contributed by atoms with van der Waals surface area (Å²) in [7, 11) is 0. The fourth-order valence-corrected chi connectivity index (χ4v) is 4.17. The van der Waals surface area contributed by atoms with Gasteiger partial charge in [0.25, 0.3) is 0 Å². The van der Waals surface area contributed by atoms with Crippen LogP contribution in [0.1, 0.15) is 45.4 Å². The summed E-state index contributed by atoms with van der Waals surface area (Å²) in [5.74, 6) is 0.106. The summed E-state index contributed by atoms with van der Waals surface area (Å²) >= 11 is 1.87. The summed E-state index contributed by atoms with van der Waals surface area (Å²) in [6.45, 7) is 3.01. The molecular weight excluding hydrogens is 260 g/mol. The monoisotopic (exact) mass is 284 g/mol. The molecular formula is C14H24N2O2S. The maximum Gasteiger partial charge on any atom is 0.245 e. The van der Waals surface area contributed by atoms with Gasteiger partial charge in [0.2, 0.25) is 11.8 Å². The van der Waals surface area contributed by atoms with Gasteiger partial charge < -0.3 is 10.2 Å². The molecule has 1 aliphatic carbocycles. The summed E-state index contributed by atoms with van der Waals surface area (Å²) in [6.07, 6.45) is 8.60. The molecule has 19 heavy (non-hydrogen) atoms. The molecule has 0 aromatic heterocycles. The smallest absolute Gasteiger partial charge is 0.245 e. The first-order valence-corrected chi connectivity index (χ1v) is 8.46. The highest BCUT2D eigenvalue weighted by atomic mass is 32.2. The fourth-order valence-electron chi connectivity index (χ4n) is 3.19. The fraction of sp³-hybridized carbons (Fsp3) is 0.857. The van der Waals surface area contributed by atoms with Crippen LogP contribution in [0.2, 0.25) is 0 Å². The maximum atomic E-state index is 12.4. The summed E-state index contributed by atoms with van der Waals surface area (Å²) in [4.78, 5) is 26.0. The Balaban J connectivity index is 2.05. The van der Waals surface area contributed by atoms with Gasteiger partial charge in [0, 0.05) is 11.3 Å². The van der Waals surface area contributed by atoms with Crippen molar-refractivity contribution in [1.82, 2.24) is 10.2 Å². The number of hydrogen-bond donors (Lipinski definition) is 1. The van der Waals surface area contributed by atoms with E-state index in [0.29, 0.717) is 0 Å². The highest BCUT2D eigenvalue weighted by Gasteiger charge is 2.40. The molecule has 1 heterocycles. The molecule has 2 aliphatic rings. The second-order valence-corrected chi connectivity index (χ2v) is 6.97. The Kier molecular flexibility index (Phi) is 4.76. The van der Waals surface area contributed by atoms with Crippen molar-refractivity contribution in [3.8, 4) is 0 Å². The number of nitrogens with one attached hydrogen (secondary N) is 1. The lowest BCUT2D eigenvalue weighted by molar-refractivity contribution is -0.144. The molecule has 1 saturated heterocycles. The van der Waals surface area contributed by atoms with E-state index in [1.165, 1.54) is 12.8 Å². The molecule has 0 bridgehead atoms. The predicted molar refractivity (Wildman–Crippen MR) is 78.1 cm³/mol. The minimum Gasteiger partial charge on any atom is -0.343 e. The topological polar surface area (TPSA) is 49.4 Å². The van der Waals surface area contributed by atoms with Crippen molar-refractivity contribution in [2.75, 3.05) is 19.3 Å². The van der Waals surface area contributed by atoms with E-state index < -0.39 is 0 Å². The van der Waals surface area contributed by atoms with Crippen LogP contribution in [-0.4, -0.2) is 46.8 Å². The lowest BCUT2D eigenvalue weighted by atomic mass is 10.0. The van der Waals surface area contributed by atoms with Crippen molar-refractivity contribution in [1.29, 1.82) is 0 Å². The van der Waals surface area contributed by atoms with Crippen LogP contribution in [0.25, 0.3) is 0 Å². The van der Waals surface area contributed by atoms with E-state index in [9.17, 15) is 9.59 Å². The van der Waals surface area contributed by atoms with Gasteiger partial charge in [0.1, 0.15) is 6.04 Å². The van der Waals surface area contributed by atoms with E-state index >= 15 is 0 Å². The van der Waals surface area contributed by atoms with Gasteiger partial charge in [0.15, 0.2) is 0 Å². The molecule has 2 rings (SSSR count). The van der Waals surface area contributed by atoms with E-state index in [4.69, 9.17) is 0 Å². The number of carbonyl (C=O) groups excluding carboxylic acids is 2. The summed E-state index contributed by atoms with van der Waals surface area (Å²) in [5, 5.41) is 2.82.